The molecule has 0 aliphatic carbocycles. The largest absolute Gasteiger partial charge is 0.0887 e. The minimum absolute atomic E-state index is 1.31. The molecular formula is C21H42. The quantitative estimate of drug-likeness (QED) is 0.199. The summed E-state index contributed by atoms with van der Waals surface area (Å²) in [5, 5.41) is 0. The van der Waals surface area contributed by atoms with Gasteiger partial charge in [-0.1, -0.05) is 108 Å². The fraction of sp³-hybridized carbons (Fsp3) is 0.905. The number of allylic oxidation sites excluding steroid dienone is 2. The zero-order valence-corrected chi connectivity index (χ0v) is 15.4. The standard InChI is InChI=1S/C21H42/c1-4-6-7-8-9-10-11-12-13-14-15-16-17-18-19-20-21(3)5-2/h5H,4,6-20H2,1-3H3. The molecule has 0 heteroatoms. The van der Waals surface area contributed by atoms with Crippen LogP contribution in [0.4, 0.5) is 0 Å². The Morgan fingerprint density at radius 1 is 0.571 bits per heavy atom. The van der Waals surface area contributed by atoms with E-state index in [2.05, 4.69) is 26.8 Å². The van der Waals surface area contributed by atoms with Gasteiger partial charge in [-0.3, -0.25) is 0 Å². The van der Waals surface area contributed by atoms with Crippen LogP contribution < -0.4 is 0 Å². The van der Waals surface area contributed by atoms with Crippen molar-refractivity contribution in [2.45, 2.75) is 124 Å². The van der Waals surface area contributed by atoms with Gasteiger partial charge in [-0.25, -0.2) is 0 Å². The normalized spacial score (nSPS) is 12.0. The second kappa shape index (κ2) is 17.8. The first-order chi connectivity index (χ1) is 10.3. The van der Waals surface area contributed by atoms with Gasteiger partial charge in [0, 0.05) is 0 Å². The van der Waals surface area contributed by atoms with Crippen LogP contribution in [0.15, 0.2) is 11.6 Å². The lowest BCUT2D eigenvalue weighted by Gasteiger charge is -2.03. The highest BCUT2D eigenvalue weighted by Crippen LogP contribution is 2.14. The van der Waals surface area contributed by atoms with E-state index in [-0.39, 0.29) is 0 Å². The van der Waals surface area contributed by atoms with Gasteiger partial charge in [0.05, 0.1) is 0 Å². The molecule has 0 amide bonds. The highest BCUT2D eigenvalue weighted by Gasteiger charge is 1.94. The molecule has 0 rings (SSSR count). The highest BCUT2D eigenvalue weighted by molar-refractivity contribution is 4.94. The molecule has 0 bridgehead atoms. The molecule has 0 fully saturated rings. The van der Waals surface area contributed by atoms with Crippen LogP contribution in [0.5, 0.6) is 0 Å². The Balaban J connectivity index is 2.99. The molecule has 0 radical (unpaired) electrons. The third-order valence-electron chi connectivity index (χ3n) is 4.67. The van der Waals surface area contributed by atoms with E-state index in [1.807, 2.05) is 0 Å². The summed E-state index contributed by atoms with van der Waals surface area (Å²) in [6, 6.07) is 0. The van der Waals surface area contributed by atoms with E-state index in [1.54, 1.807) is 5.57 Å². The van der Waals surface area contributed by atoms with Crippen molar-refractivity contribution >= 4 is 0 Å². The SMILES string of the molecule is CC=C(C)CCCCCCCCCCCCCCCCC. The molecule has 0 unspecified atom stereocenters. The molecule has 0 spiro atoms. The van der Waals surface area contributed by atoms with E-state index < -0.39 is 0 Å². The van der Waals surface area contributed by atoms with Gasteiger partial charge in [0.2, 0.25) is 0 Å². The Bertz CT molecular complexity index is 214. The summed E-state index contributed by atoms with van der Waals surface area (Å²) in [6.07, 6.45) is 25.4. The molecule has 0 N–H and O–H groups in total. The summed E-state index contributed by atoms with van der Waals surface area (Å²) >= 11 is 0. The van der Waals surface area contributed by atoms with Crippen molar-refractivity contribution in [1.82, 2.24) is 0 Å². The molecule has 0 saturated heterocycles. The molecule has 21 heavy (non-hydrogen) atoms. The van der Waals surface area contributed by atoms with Crippen molar-refractivity contribution in [2.75, 3.05) is 0 Å². The average Bonchev–Trinajstić information content (AvgIpc) is 2.50. The predicted octanol–water partition coefficient (Wildman–Crippen LogP) is 8.21. The first kappa shape index (κ1) is 20.7. The lowest BCUT2D eigenvalue weighted by atomic mass is 10.0. The minimum atomic E-state index is 1.31. The maximum absolute atomic E-state index is 2.29. The lowest BCUT2D eigenvalue weighted by Crippen LogP contribution is -1.84. The third kappa shape index (κ3) is 17.7. The van der Waals surface area contributed by atoms with Gasteiger partial charge in [0.25, 0.3) is 0 Å². The van der Waals surface area contributed by atoms with Gasteiger partial charge < -0.3 is 0 Å². The van der Waals surface area contributed by atoms with Crippen LogP contribution in [-0.4, -0.2) is 0 Å². The van der Waals surface area contributed by atoms with Crippen LogP contribution in [0.3, 0.4) is 0 Å². The fourth-order valence-electron chi connectivity index (χ4n) is 2.92. The molecule has 0 aliphatic heterocycles. The molecule has 0 nitrogen and oxygen atoms in total. The number of hydrogen-bond donors (Lipinski definition) is 0. The summed E-state index contributed by atoms with van der Waals surface area (Å²) in [6.45, 7) is 6.70. The van der Waals surface area contributed by atoms with Crippen LogP contribution in [0.1, 0.15) is 124 Å². The van der Waals surface area contributed by atoms with Crippen molar-refractivity contribution in [1.29, 1.82) is 0 Å². The molecule has 0 aromatic carbocycles. The second-order valence-electron chi connectivity index (χ2n) is 6.83. The number of hydrogen-bond acceptors (Lipinski definition) is 0. The van der Waals surface area contributed by atoms with Crippen LogP contribution in [0.2, 0.25) is 0 Å². The van der Waals surface area contributed by atoms with Crippen molar-refractivity contribution in [2.24, 2.45) is 0 Å². The maximum atomic E-state index is 2.29. The van der Waals surface area contributed by atoms with Crippen LogP contribution in [0.25, 0.3) is 0 Å². The Morgan fingerprint density at radius 2 is 0.905 bits per heavy atom. The lowest BCUT2D eigenvalue weighted by molar-refractivity contribution is 0.532. The Hall–Kier alpha value is -0.260. The summed E-state index contributed by atoms with van der Waals surface area (Å²) in [5.74, 6) is 0. The number of unbranched alkanes of at least 4 members (excludes halogenated alkanes) is 14. The minimum Gasteiger partial charge on any atom is -0.0887 e. The van der Waals surface area contributed by atoms with E-state index in [1.165, 1.54) is 103 Å². The van der Waals surface area contributed by atoms with Crippen molar-refractivity contribution < 1.29 is 0 Å². The fourth-order valence-corrected chi connectivity index (χ4v) is 2.92. The second-order valence-corrected chi connectivity index (χ2v) is 6.83. The maximum Gasteiger partial charge on any atom is -0.0323 e. The number of rotatable bonds is 16. The van der Waals surface area contributed by atoms with Crippen molar-refractivity contribution in [3.05, 3.63) is 11.6 Å². The topological polar surface area (TPSA) is 0 Å². The summed E-state index contributed by atoms with van der Waals surface area (Å²) in [5.41, 5.74) is 1.56. The van der Waals surface area contributed by atoms with Gasteiger partial charge >= 0.3 is 0 Å². The molecule has 0 aromatic heterocycles. The summed E-state index contributed by atoms with van der Waals surface area (Å²) < 4.78 is 0. The van der Waals surface area contributed by atoms with Crippen LogP contribution >= 0.6 is 0 Å². The van der Waals surface area contributed by atoms with Gasteiger partial charge in [0.15, 0.2) is 0 Å². The molecule has 0 heterocycles. The monoisotopic (exact) mass is 294 g/mol. The summed E-state index contributed by atoms with van der Waals surface area (Å²) in [4.78, 5) is 0. The Morgan fingerprint density at radius 3 is 1.24 bits per heavy atom. The Kier molecular flexibility index (Phi) is 17.6. The molecule has 0 saturated carbocycles. The van der Waals surface area contributed by atoms with Crippen molar-refractivity contribution in [3.63, 3.8) is 0 Å². The zero-order valence-electron chi connectivity index (χ0n) is 15.4. The molecule has 126 valence electrons. The first-order valence-corrected chi connectivity index (χ1v) is 9.93. The van der Waals surface area contributed by atoms with E-state index in [0.29, 0.717) is 0 Å². The highest BCUT2D eigenvalue weighted by atomic mass is 14.0. The van der Waals surface area contributed by atoms with Gasteiger partial charge in [-0.05, 0) is 26.7 Å². The van der Waals surface area contributed by atoms with Crippen LogP contribution in [0, 0.1) is 0 Å². The molecular weight excluding hydrogens is 252 g/mol. The van der Waals surface area contributed by atoms with Gasteiger partial charge in [-0.15, -0.1) is 0 Å². The molecule has 0 atom stereocenters. The van der Waals surface area contributed by atoms with Crippen LogP contribution in [-0.2, 0) is 0 Å². The molecule has 0 aromatic rings. The average molecular weight is 295 g/mol. The first-order valence-electron chi connectivity index (χ1n) is 9.93. The van der Waals surface area contributed by atoms with E-state index >= 15 is 0 Å². The third-order valence-corrected chi connectivity index (χ3v) is 4.67. The zero-order chi connectivity index (χ0) is 15.6. The predicted molar refractivity (Wildman–Crippen MR) is 99.0 cm³/mol. The van der Waals surface area contributed by atoms with Gasteiger partial charge in [-0.2, -0.15) is 0 Å². The van der Waals surface area contributed by atoms with Gasteiger partial charge in [0.1, 0.15) is 0 Å². The van der Waals surface area contributed by atoms with Crippen molar-refractivity contribution in [3.8, 4) is 0 Å². The van der Waals surface area contributed by atoms with E-state index in [4.69, 9.17) is 0 Å². The molecule has 0 aliphatic rings. The smallest absolute Gasteiger partial charge is 0.0323 e. The summed E-state index contributed by atoms with van der Waals surface area (Å²) in [7, 11) is 0. The Labute approximate surface area is 135 Å². The van der Waals surface area contributed by atoms with E-state index in [0.717, 1.165) is 0 Å². The van der Waals surface area contributed by atoms with E-state index in [9.17, 15) is 0 Å².